The number of anilines is 3. The number of morpholine rings is 1. The van der Waals surface area contributed by atoms with E-state index in [4.69, 9.17) is 25.4 Å². The number of nitrogens with zero attached hydrogens (tertiary/aromatic N) is 9. The van der Waals surface area contributed by atoms with Crippen LogP contribution in [0.4, 0.5) is 17.7 Å². The van der Waals surface area contributed by atoms with E-state index < -0.39 is 0 Å². The molecule has 5 rings (SSSR count). The topological polar surface area (TPSA) is 131 Å². The Morgan fingerprint density at radius 3 is 2.26 bits per heavy atom. The fraction of sp³-hybridized carbons (Fsp3) is 0.630. The van der Waals surface area contributed by atoms with Gasteiger partial charge < -0.3 is 25.2 Å². The summed E-state index contributed by atoms with van der Waals surface area (Å²) in [6.07, 6.45) is 3.87. The zero-order chi connectivity index (χ0) is 27.7. The molecular formula is C27H40N10O2. The second kappa shape index (κ2) is 10.9. The van der Waals surface area contributed by atoms with Crippen molar-refractivity contribution in [3.05, 3.63) is 12.4 Å². The number of carbonyl (C=O) groups is 1. The Hall–Kier alpha value is -3.54. The average molecular weight is 537 g/mol. The van der Waals surface area contributed by atoms with Crippen molar-refractivity contribution in [2.75, 3.05) is 68.0 Å². The van der Waals surface area contributed by atoms with Crippen LogP contribution in [0.5, 0.6) is 0 Å². The lowest BCUT2D eigenvalue weighted by Crippen LogP contribution is -2.50. The molecule has 0 aromatic carbocycles. The standard InChI is InChI=1S/C27H40N10O2/c1-18(2)17-37-24-21(31-26(37)36-8-6-34(7-9-36)20(38)14-27(3,4)5)23(35-10-12-39-13-11-35)32-22(33-24)19-15-29-25(28)30-16-19/h15-16,18H,6-14,17H2,1-5H3,(H2,28,29,30). The average Bonchev–Trinajstić information content (AvgIpc) is 3.26. The second-order valence-corrected chi connectivity index (χ2v) is 12.0. The maximum absolute atomic E-state index is 12.9. The summed E-state index contributed by atoms with van der Waals surface area (Å²) in [4.78, 5) is 42.8. The molecule has 12 nitrogen and oxygen atoms in total. The molecule has 0 aliphatic carbocycles. The molecule has 12 heteroatoms. The van der Waals surface area contributed by atoms with Crippen LogP contribution in [-0.2, 0) is 16.1 Å². The Labute approximate surface area is 229 Å². The van der Waals surface area contributed by atoms with E-state index >= 15 is 0 Å². The molecule has 2 aliphatic heterocycles. The normalized spacial score (nSPS) is 16.9. The highest BCUT2D eigenvalue weighted by Gasteiger charge is 2.30. The number of aromatic nitrogens is 6. The molecule has 210 valence electrons. The summed E-state index contributed by atoms with van der Waals surface area (Å²) < 4.78 is 7.82. The van der Waals surface area contributed by atoms with Crippen LogP contribution in [-0.4, -0.2) is 92.8 Å². The van der Waals surface area contributed by atoms with Crippen molar-refractivity contribution in [2.24, 2.45) is 11.3 Å². The smallest absolute Gasteiger partial charge is 0.223 e. The predicted octanol–water partition coefficient (Wildman–Crippen LogP) is 2.44. The summed E-state index contributed by atoms with van der Waals surface area (Å²) in [7, 11) is 0. The highest BCUT2D eigenvalue weighted by molar-refractivity contribution is 5.88. The lowest BCUT2D eigenvalue weighted by atomic mass is 9.91. The molecule has 0 radical (unpaired) electrons. The first kappa shape index (κ1) is 27.0. The SMILES string of the molecule is CC(C)Cn1c(N2CCN(C(=O)CC(C)(C)C)CC2)nc2c(N3CCOCC3)nc(-c3cnc(N)nc3)nc21. The van der Waals surface area contributed by atoms with Gasteiger partial charge in [-0.3, -0.25) is 9.36 Å². The van der Waals surface area contributed by atoms with Crippen molar-refractivity contribution >= 4 is 34.8 Å². The molecule has 0 bridgehead atoms. The number of carbonyl (C=O) groups excluding carboxylic acids is 1. The Bertz CT molecular complexity index is 1300. The van der Waals surface area contributed by atoms with Gasteiger partial charge in [-0.2, -0.15) is 0 Å². The van der Waals surface area contributed by atoms with Crippen LogP contribution in [0.25, 0.3) is 22.6 Å². The molecule has 3 aromatic rings. The first-order valence-corrected chi connectivity index (χ1v) is 13.8. The molecule has 2 saturated heterocycles. The van der Waals surface area contributed by atoms with E-state index in [9.17, 15) is 4.79 Å². The third-order valence-corrected chi connectivity index (χ3v) is 6.94. The van der Waals surface area contributed by atoms with Gasteiger partial charge in [0.15, 0.2) is 22.8 Å². The third kappa shape index (κ3) is 6.05. The number of amides is 1. The van der Waals surface area contributed by atoms with E-state index in [1.165, 1.54) is 0 Å². The van der Waals surface area contributed by atoms with Gasteiger partial charge in [-0.25, -0.2) is 24.9 Å². The molecule has 39 heavy (non-hydrogen) atoms. The van der Waals surface area contributed by atoms with Crippen LogP contribution >= 0.6 is 0 Å². The summed E-state index contributed by atoms with van der Waals surface area (Å²) in [5, 5.41) is 0. The molecule has 2 aliphatic rings. The minimum Gasteiger partial charge on any atom is -0.378 e. The zero-order valence-corrected chi connectivity index (χ0v) is 23.7. The fourth-order valence-electron chi connectivity index (χ4n) is 5.05. The number of piperazine rings is 1. The number of hydrogen-bond donors (Lipinski definition) is 1. The molecule has 0 unspecified atom stereocenters. The Kier molecular flexibility index (Phi) is 7.57. The van der Waals surface area contributed by atoms with Crippen LogP contribution < -0.4 is 15.5 Å². The van der Waals surface area contributed by atoms with Crippen LogP contribution in [0.1, 0.15) is 41.0 Å². The van der Waals surface area contributed by atoms with Crippen molar-refractivity contribution in [2.45, 2.75) is 47.6 Å². The largest absolute Gasteiger partial charge is 0.378 e. The molecule has 2 fully saturated rings. The molecule has 2 N–H and O–H groups in total. The minimum absolute atomic E-state index is 0.0265. The molecule has 1 amide bonds. The van der Waals surface area contributed by atoms with E-state index in [0.29, 0.717) is 50.0 Å². The molecule has 0 atom stereocenters. The van der Waals surface area contributed by atoms with Gasteiger partial charge in [0.25, 0.3) is 0 Å². The van der Waals surface area contributed by atoms with E-state index in [0.717, 1.165) is 55.7 Å². The Morgan fingerprint density at radius 2 is 1.64 bits per heavy atom. The van der Waals surface area contributed by atoms with Crippen molar-refractivity contribution in [1.29, 1.82) is 0 Å². The summed E-state index contributed by atoms with van der Waals surface area (Å²) in [5.41, 5.74) is 7.97. The zero-order valence-electron chi connectivity index (χ0n) is 23.7. The summed E-state index contributed by atoms with van der Waals surface area (Å²) in [5.74, 6) is 3.00. The lowest BCUT2D eigenvalue weighted by Gasteiger charge is -2.36. The van der Waals surface area contributed by atoms with E-state index in [1.54, 1.807) is 12.4 Å². The summed E-state index contributed by atoms with van der Waals surface area (Å²) in [6, 6.07) is 0. The first-order chi connectivity index (χ1) is 18.6. The van der Waals surface area contributed by atoms with Crippen molar-refractivity contribution in [3.8, 4) is 11.4 Å². The number of nitrogens with two attached hydrogens (primary N) is 1. The van der Waals surface area contributed by atoms with Crippen LogP contribution in [0.3, 0.4) is 0 Å². The third-order valence-electron chi connectivity index (χ3n) is 6.94. The van der Waals surface area contributed by atoms with Crippen molar-refractivity contribution in [1.82, 2.24) is 34.4 Å². The van der Waals surface area contributed by atoms with Crippen LogP contribution in [0.2, 0.25) is 0 Å². The fourth-order valence-corrected chi connectivity index (χ4v) is 5.05. The Morgan fingerprint density at radius 1 is 0.974 bits per heavy atom. The predicted molar refractivity (Wildman–Crippen MR) is 151 cm³/mol. The summed E-state index contributed by atoms with van der Waals surface area (Å²) >= 11 is 0. The number of nitrogen functional groups attached to an aromatic ring is 1. The number of imidazole rings is 1. The maximum Gasteiger partial charge on any atom is 0.223 e. The number of rotatable bonds is 6. The van der Waals surface area contributed by atoms with Crippen LogP contribution in [0.15, 0.2) is 12.4 Å². The highest BCUT2D eigenvalue weighted by Crippen LogP contribution is 2.32. The van der Waals surface area contributed by atoms with Gasteiger partial charge in [0.2, 0.25) is 17.8 Å². The highest BCUT2D eigenvalue weighted by atomic mass is 16.5. The molecule has 0 saturated carbocycles. The monoisotopic (exact) mass is 536 g/mol. The summed E-state index contributed by atoms with van der Waals surface area (Å²) in [6.45, 7) is 17.0. The van der Waals surface area contributed by atoms with Gasteiger partial charge in [-0.1, -0.05) is 34.6 Å². The number of ether oxygens (including phenoxy) is 1. The van der Waals surface area contributed by atoms with Gasteiger partial charge in [0, 0.05) is 64.6 Å². The maximum atomic E-state index is 12.9. The van der Waals surface area contributed by atoms with Gasteiger partial charge in [0.1, 0.15) is 0 Å². The molecular weight excluding hydrogens is 496 g/mol. The van der Waals surface area contributed by atoms with Crippen LogP contribution in [0, 0.1) is 11.3 Å². The molecule has 5 heterocycles. The van der Waals surface area contributed by atoms with Gasteiger partial charge in [-0.15, -0.1) is 0 Å². The van der Waals surface area contributed by atoms with Crippen molar-refractivity contribution < 1.29 is 9.53 Å². The van der Waals surface area contributed by atoms with Gasteiger partial charge >= 0.3 is 0 Å². The quantitative estimate of drug-likeness (QED) is 0.501. The first-order valence-electron chi connectivity index (χ1n) is 13.8. The number of fused-ring (bicyclic) bond motifs is 1. The minimum atomic E-state index is -0.0265. The Balaban J connectivity index is 1.54. The lowest BCUT2D eigenvalue weighted by molar-refractivity contribution is -0.133. The van der Waals surface area contributed by atoms with E-state index in [2.05, 4.69) is 59.0 Å². The molecule has 3 aromatic heterocycles. The van der Waals surface area contributed by atoms with E-state index in [-0.39, 0.29) is 17.3 Å². The van der Waals surface area contributed by atoms with Crippen molar-refractivity contribution in [3.63, 3.8) is 0 Å². The second-order valence-electron chi connectivity index (χ2n) is 12.0. The molecule has 0 spiro atoms. The van der Waals surface area contributed by atoms with Gasteiger partial charge in [0.05, 0.1) is 18.8 Å². The van der Waals surface area contributed by atoms with Gasteiger partial charge in [-0.05, 0) is 11.3 Å². The number of hydrogen-bond acceptors (Lipinski definition) is 10. The van der Waals surface area contributed by atoms with E-state index in [1.807, 2.05) is 4.90 Å².